The first-order valence-electron chi connectivity index (χ1n) is 7.79. The Kier molecular flexibility index (Phi) is 3.90. The minimum atomic E-state index is 0.158. The van der Waals surface area contributed by atoms with Crippen LogP contribution < -0.4 is 5.32 Å². The molecule has 0 bridgehead atoms. The fourth-order valence-electron chi connectivity index (χ4n) is 2.48. The molecule has 1 aromatic heterocycles. The van der Waals surface area contributed by atoms with Crippen molar-refractivity contribution in [2.75, 3.05) is 18.4 Å². The average Bonchev–Trinajstić information content (AvgIpc) is 3.35. The summed E-state index contributed by atoms with van der Waals surface area (Å²) in [7, 11) is 0. The monoisotopic (exact) mass is 273 g/mol. The molecule has 0 radical (unpaired) electrons. The van der Waals surface area contributed by atoms with Crippen molar-refractivity contribution in [1.29, 1.82) is 0 Å². The second-order valence-electron chi connectivity index (χ2n) is 5.96. The van der Waals surface area contributed by atoms with E-state index in [0.717, 1.165) is 49.7 Å². The highest BCUT2D eigenvalue weighted by Gasteiger charge is 2.37. The number of hydrogen-bond acceptors (Lipinski definition) is 3. The van der Waals surface area contributed by atoms with E-state index in [4.69, 9.17) is 0 Å². The van der Waals surface area contributed by atoms with E-state index in [-0.39, 0.29) is 5.91 Å². The summed E-state index contributed by atoms with van der Waals surface area (Å²) >= 11 is 0. The van der Waals surface area contributed by atoms with Crippen molar-refractivity contribution in [1.82, 2.24) is 9.88 Å². The van der Waals surface area contributed by atoms with Gasteiger partial charge >= 0.3 is 0 Å². The topological polar surface area (TPSA) is 45.2 Å². The molecular formula is C16H23N3O. The van der Waals surface area contributed by atoms with Gasteiger partial charge < -0.3 is 10.2 Å². The first-order valence-corrected chi connectivity index (χ1v) is 7.79. The lowest BCUT2D eigenvalue weighted by Gasteiger charge is -2.23. The number of nitrogens with zero attached hydrogens (tertiary/aromatic N) is 2. The van der Waals surface area contributed by atoms with Crippen molar-refractivity contribution in [2.45, 2.75) is 45.1 Å². The van der Waals surface area contributed by atoms with E-state index in [1.165, 1.54) is 12.8 Å². The minimum Gasteiger partial charge on any atom is -0.369 e. The summed E-state index contributed by atoms with van der Waals surface area (Å²) < 4.78 is 0. The van der Waals surface area contributed by atoms with Crippen molar-refractivity contribution in [3.05, 3.63) is 23.9 Å². The van der Waals surface area contributed by atoms with Crippen LogP contribution in [0.15, 0.2) is 18.3 Å². The summed E-state index contributed by atoms with van der Waals surface area (Å²) in [5.41, 5.74) is 0.730. The summed E-state index contributed by atoms with van der Waals surface area (Å²) in [4.78, 5) is 19.2. The van der Waals surface area contributed by atoms with Gasteiger partial charge in [-0.15, -0.1) is 0 Å². The van der Waals surface area contributed by atoms with Crippen LogP contribution >= 0.6 is 0 Å². The molecule has 0 aliphatic heterocycles. The molecule has 20 heavy (non-hydrogen) atoms. The van der Waals surface area contributed by atoms with Gasteiger partial charge in [0, 0.05) is 25.3 Å². The van der Waals surface area contributed by atoms with Gasteiger partial charge in [-0.25, -0.2) is 4.98 Å². The molecule has 4 nitrogen and oxygen atoms in total. The number of nitrogens with one attached hydrogen (secondary N) is 1. The Bertz CT molecular complexity index is 480. The fourth-order valence-corrected chi connectivity index (χ4v) is 2.48. The van der Waals surface area contributed by atoms with E-state index in [9.17, 15) is 4.79 Å². The van der Waals surface area contributed by atoms with Crippen LogP contribution in [0.3, 0.4) is 0 Å². The molecule has 1 heterocycles. The van der Waals surface area contributed by atoms with Crippen LogP contribution in [0.25, 0.3) is 0 Å². The van der Waals surface area contributed by atoms with Crippen LogP contribution in [0.4, 0.5) is 5.82 Å². The van der Waals surface area contributed by atoms with Gasteiger partial charge in [0.05, 0.1) is 5.56 Å². The smallest absolute Gasteiger partial charge is 0.257 e. The number of aromatic nitrogens is 1. The lowest BCUT2D eigenvalue weighted by Crippen LogP contribution is -2.35. The third-order valence-electron chi connectivity index (χ3n) is 3.98. The lowest BCUT2D eigenvalue weighted by atomic mass is 10.2. The van der Waals surface area contributed by atoms with E-state index in [2.05, 4.69) is 22.1 Å². The standard InChI is InChI=1S/C16H23N3O/c1-2-9-17-15-14(4-3-10-18-15)16(20)19(13-7-8-13)11-12-5-6-12/h3-4,10,12-13H,2,5-9,11H2,1H3,(H,17,18). The van der Waals surface area contributed by atoms with Crippen molar-refractivity contribution in [2.24, 2.45) is 5.92 Å². The summed E-state index contributed by atoms with van der Waals surface area (Å²) in [6.07, 6.45) is 7.66. The van der Waals surface area contributed by atoms with Gasteiger partial charge in [-0.05, 0) is 50.2 Å². The van der Waals surface area contributed by atoms with E-state index < -0.39 is 0 Å². The molecule has 2 saturated carbocycles. The molecule has 0 unspecified atom stereocenters. The maximum atomic E-state index is 12.8. The highest BCUT2D eigenvalue weighted by molar-refractivity contribution is 5.99. The van der Waals surface area contributed by atoms with E-state index in [0.29, 0.717) is 6.04 Å². The molecule has 1 aromatic rings. The van der Waals surface area contributed by atoms with Crippen LogP contribution in [-0.2, 0) is 0 Å². The second-order valence-corrected chi connectivity index (χ2v) is 5.96. The number of rotatable bonds is 7. The summed E-state index contributed by atoms with van der Waals surface area (Å²) in [5, 5.41) is 3.27. The Morgan fingerprint density at radius 3 is 2.85 bits per heavy atom. The molecule has 0 atom stereocenters. The third-order valence-corrected chi connectivity index (χ3v) is 3.98. The zero-order chi connectivity index (χ0) is 13.9. The SMILES string of the molecule is CCCNc1ncccc1C(=O)N(CC1CC1)C1CC1. The van der Waals surface area contributed by atoms with Gasteiger partial charge in [0.15, 0.2) is 0 Å². The zero-order valence-electron chi connectivity index (χ0n) is 12.1. The van der Waals surface area contributed by atoms with Crippen molar-refractivity contribution in [3.63, 3.8) is 0 Å². The quantitative estimate of drug-likeness (QED) is 0.831. The first kappa shape index (κ1) is 13.4. The maximum absolute atomic E-state index is 12.8. The van der Waals surface area contributed by atoms with Gasteiger partial charge in [0.1, 0.15) is 5.82 Å². The molecule has 108 valence electrons. The highest BCUT2D eigenvalue weighted by Crippen LogP contribution is 2.36. The van der Waals surface area contributed by atoms with Crippen LogP contribution in [-0.4, -0.2) is 34.9 Å². The predicted molar refractivity (Wildman–Crippen MR) is 79.8 cm³/mol. The average molecular weight is 273 g/mol. The number of amides is 1. The van der Waals surface area contributed by atoms with Crippen molar-refractivity contribution >= 4 is 11.7 Å². The molecule has 1 N–H and O–H groups in total. The van der Waals surface area contributed by atoms with Crippen LogP contribution in [0, 0.1) is 5.92 Å². The number of carbonyl (C=O) groups is 1. The summed E-state index contributed by atoms with van der Waals surface area (Å²) in [6, 6.07) is 4.23. The summed E-state index contributed by atoms with van der Waals surface area (Å²) in [5.74, 6) is 1.63. The van der Waals surface area contributed by atoms with Crippen molar-refractivity contribution in [3.8, 4) is 0 Å². The highest BCUT2D eigenvalue weighted by atomic mass is 16.2. The second kappa shape index (κ2) is 5.81. The number of anilines is 1. The van der Waals surface area contributed by atoms with Gasteiger partial charge in [0.25, 0.3) is 5.91 Å². The molecule has 2 aliphatic rings. The molecular weight excluding hydrogens is 250 g/mol. The summed E-state index contributed by atoms with van der Waals surface area (Å²) in [6.45, 7) is 3.90. The van der Waals surface area contributed by atoms with Gasteiger partial charge in [-0.1, -0.05) is 6.92 Å². The Morgan fingerprint density at radius 2 is 2.20 bits per heavy atom. The van der Waals surface area contributed by atoms with E-state index in [1.807, 2.05) is 12.1 Å². The van der Waals surface area contributed by atoms with Crippen LogP contribution in [0.2, 0.25) is 0 Å². The lowest BCUT2D eigenvalue weighted by molar-refractivity contribution is 0.0735. The molecule has 3 rings (SSSR count). The van der Waals surface area contributed by atoms with E-state index >= 15 is 0 Å². The Balaban J connectivity index is 1.76. The van der Waals surface area contributed by atoms with Crippen LogP contribution in [0.5, 0.6) is 0 Å². The zero-order valence-corrected chi connectivity index (χ0v) is 12.1. The molecule has 1 amide bonds. The number of hydrogen-bond donors (Lipinski definition) is 1. The minimum absolute atomic E-state index is 0.158. The molecule has 0 saturated heterocycles. The van der Waals surface area contributed by atoms with Gasteiger partial charge in [-0.3, -0.25) is 4.79 Å². The fraction of sp³-hybridized carbons (Fsp3) is 0.625. The number of carbonyl (C=O) groups excluding carboxylic acids is 1. The molecule has 0 aromatic carbocycles. The van der Waals surface area contributed by atoms with Crippen LogP contribution in [0.1, 0.15) is 49.4 Å². The van der Waals surface area contributed by atoms with E-state index in [1.54, 1.807) is 6.20 Å². The Labute approximate surface area is 120 Å². The molecule has 0 spiro atoms. The largest absolute Gasteiger partial charge is 0.369 e. The Hall–Kier alpha value is -1.58. The van der Waals surface area contributed by atoms with Gasteiger partial charge in [0.2, 0.25) is 0 Å². The first-order chi connectivity index (χ1) is 9.79. The third kappa shape index (κ3) is 3.11. The molecule has 2 fully saturated rings. The predicted octanol–water partition coefficient (Wildman–Crippen LogP) is 2.92. The maximum Gasteiger partial charge on any atom is 0.257 e. The molecule has 4 heteroatoms. The van der Waals surface area contributed by atoms with Crippen molar-refractivity contribution < 1.29 is 4.79 Å². The Morgan fingerprint density at radius 1 is 1.40 bits per heavy atom. The molecule has 2 aliphatic carbocycles. The van der Waals surface area contributed by atoms with Gasteiger partial charge in [-0.2, -0.15) is 0 Å². The number of pyridine rings is 1. The normalized spacial score (nSPS) is 17.9.